The topological polar surface area (TPSA) is 71.2 Å². The maximum atomic E-state index is 12.8. The number of hydrogen-bond acceptors (Lipinski definition) is 4. The molecule has 2 aromatic rings. The minimum atomic E-state index is -0.209. The van der Waals surface area contributed by atoms with E-state index in [1.165, 1.54) is 0 Å². The second-order valence-corrected chi connectivity index (χ2v) is 6.79. The Labute approximate surface area is 145 Å². The van der Waals surface area contributed by atoms with Crippen LogP contribution >= 0.6 is 11.6 Å². The normalized spacial score (nSPS) is 17.1. The van der Waals surface area contributed by atoms with E-state index < -0.39 is 0 Å². The number of aliphatic hydroxyl groups excluding tert-OH is 1. The van der Waals surface area contributed by atoms with Crippen molar-refractivity contribution in [2.24, 2.45) is 0 Å². The van der Waals surface area contributed by atoms with E-state index in [2.05, 4.69) is 10.1 Å². The number of para-hydroxylation sites is 1. The highest BCUT2D eigenvalue weighted by atomic mass is 35.5. The molecular formula is C17H19ClN4O2. The number of carbonyl (C=O) groups excluding carboxylic acids is 1. The molecule has 126 valence electrons. The van der Waals surface area contributed by atoms with Gasteiger partial charge in [0.15, 0.2) is 0 Å². The van der Waals surface area contributed by atoms with Crippen molar-refractivity contribution in [3.8, 4) is 5.69 Å². The third kappa shape index (κ3) is 2.91. The second kappa shape index (κ2) is 6.18. The lowest BCUT2D eigenvalue weighted by atomic mass is 10.3. The Morgan fingerprint density at radius 1 is 1.29 bits per heavy atom. The van der Waals surface area contributed by atoms with Crippen molar-refractivity contribution >= 4 is 17.5 Å². The zero-order chi connectivity index (χ0) is 16.7. The van der Waals surface area contributed by atoms with Gasteiger partial charge in [-0.05, 0) is 37.8 Å². The molecule has 0 spiro atoms. The molecule has 1 amide bonds. The van der Waals surface area contributed by atoms with Gasteiger partial charge < -0.3 is 10.0 Å². The molecule has 2 aliphatic carbocycles. The Balaban J connectivity index is 1.71. The van der Waals surface area contributed by atoms with Crippen LogP contribution in [0, 0.1) is 0 Å². The van der Waals surface area contributed by atoms with Gasteiger partial charge in [0.2, 0.25) is 5.82 Å². The smallest absolute Gasteiger partial charge is 0.293 e. The average molecular weight is 347 g/mol. The van der Waals surface area contributed by atoms with Crippen molar-refractivity contribution in [2.45, 2.75) is 37.6 Å². The number of aliphatic hydroxyl groups is 1. The molecule has 2 saturated carbocycles. The SMILES string of the molecule is O=C(c1nc(C2CC2)n(-c2ccccc2Cl)n1)N(CCO)C1CC1. The van der Waals surface area contributed by atoms with Crippen molar-refractivity contribution < 1.29 is 9.90 Å². The molecule has 0 aliphatic heterocycles. The molecule has 4 rings (SSSR count). The largest absolute Gasteiger partial charge is 0.395 e. The fourth-order valence-electron chi connectivity index (χ4n) is 2.89. The van der Waals surface area contributed by atoms with Crippen LogP contribution in [0.4, 0.5) is 0 Å². The molecule has 0 radical (unpaired) electrons. The summed E-state index contributed by atoms with van der Waals surface area (Å²) in [5.74, 6) is 1.12. The summed E-state index contributed by atoms with van der Waals surface area (Å²) in [4.78, 5) is 19.0. The van der Waals surface area contributed by atoms with Crippen LogP contribution in [0.3, 0.4) is 0 Å². The lowest BCUT2D eigenvalue weighted by Crippen LogP contribution is -2.36. The van der Waals surface area contributed by atoms with Gasteiger partial charge >= 0.3 is 0 Å². The summed E-state index contributed by atoms with van der Waals surface area (Å²) in [6.07, 6.45) is 4.07. The molecule has 1 aromatic heterocycles. The molecule has 0 saturated heterocycles. The van der Waals surface area contributed by atoms with Gasteiger partial charge in [-0.1, -0.05) is 23.7 Å². The fraction of sp³-hybridized carbons (Fsp3) is 0.471. The minimum absolute atomic E-state index is 0.0526. The molecule has 1 heterocycles. The number of benzene rings is 1. The third-order valence-electron chi connectivity index (χ3n) is 4.44. The maximum absolute atomic E-state index is 12.8. The number of carbonyl (C=O) groups is 1. The van der Waals surface area contributed by atoms with Crippen LogP contribution < -0.4 is 0 Å². The van der Waals surface area contributed by atoms with Crippen molar-refractivity contribution in [1.82, 2.24) is 19.7 Å². The molecule has 1 aromatic carbocycles. The Morgan fingerprint density at radius 2 is 2.04 bits per heavy atom. The molecule has 0 atom stereocenters. The second-order valence-electron chi connectivity index (χ2n) is 6.38. The average Bonchev–Trinajstić information content (AvgIpc) is 3.51. The molecule has 7 heteroatoms. The third-order valence-corrected chi connectivity index (χ3v) is 4.76. The summed E-state index contributed by atoms with van der Waals surface area (Å²) in [7, 11) is 0. The monoisotopic (exact) mass is 346 g/mol. The van der Waals surface area contributed by atoms with E-state index in [1.807, 2.05) is 18.2 Å². The highest BCUT2D eigenvalue weighted by molar-refractivity contribution is 6.32. The number of rotatable bonds is 6. The number of amides is 1. The summed E-state index contributed by atoms with van der Waals surface area (Å²) < 4.78 is 1.71. The predicted molar refractivity (Wildman–Crippen MR) is 89.5 cm³/mol. The van der Waals surface area contributed by atoms with Crippen LogP contribution in [0.1, 0.15) is 48.0 Å². The summed E-state index contributed by atoms with van der Waals surface area (Å²) >= 11 is 6.30. The van der Waals surface area contributed by atoms with Crippen LogP contribution in [0.2, 0.25) is 5.02 Å². The molecular weight excluding hydrogens is 328 g/mol. The molecule has 0 bridgehead atoms. The highest BCUT2D eigenvalue weighted by Gasteiger charge is 2.37. The van der Waals surface area contributed by atoms with Gasteiger partial charge in [-0.15, -0.1) is 5.10 Å². The Bertz CT molecular complexity index is 768. The van der Waals surface area contributed by atoms with E-state index >= 15 is 0 Å². The first kappa shape index (κ1) is 15.6. The first-order valence-electron chi connectivity index (χ1n) is 8.32. The van der Waals surface area contributed by atoms with E-state index in [4.69, 9.17) is 11.6 Å². The summed E-state index contributed by atoms with van der Waals surface area (Å²) in [5.41, 5.74) is 0.743. The highest BCUT2D eigenvalue weighted by Crippen LogP contribution is 2.40. The lowest BCUT2D eigenvalue weighted by molar-refractivity contribution is 0.0695. The lowest BCUT2D eigenvalue weighted by Gasteiger charge is -2.19. The summed E-state index contributed by atoms with van der Waals surface area (Å²) in [6, 6.07) is 7.65. The number of halogens is 1. The summed E-state index contributed by atoms with van der Waals surface area (Å²) in [6.45, 7) is 0.270. The Hall–Kier alpha value is -1.92. The molecule has 6 nitrogen and oxygen atoms in total. The maximum Gasteiger partial charge on any atom is 0.293 e. The van der Waals surface area contributed by atoms with E-state index in [0.717, 1.165) is 37.2 Å². The number of hydrogen-bond donors (Lipinski definition) is 1. The van der Waals surface area contributed by atoms with Gasteiger partial charge in [-0.25, -0.2) is 9.67 Å². The molecule has 24 heavy (non-hydrogen) atoms. The quantitative estimate of drug-likeness (QED) is 0.871. The predicted octanol–water partition coefficient (Wildman–Crippen LogP) is 2.40. The van der Waals surface area contributed by atoms with Gasteiger partial charge in [0, 0.05) is 18.5 Å². The van der Waals surface area contributed by atoms with Crippen molar-refractivity contribution in [3.05, 3.63) is 40.9 Å². The first-order chi connectivity index (χ1) is 11.7. The van der Waals surface area contributed by atoms with Crippen LogP contribution in [-0.4, -0.2) is 49.9 Å². The zero-order valence-corrected chi connectivity index (χ0v) is 14.0. The standard InChI is InChI=1S/C17H19ClN4O2/c18-13-3-1-2-4-14(13)22-16(11-5-6-11)19-15(20-22)17(24)21(9-10-23)12-7-8-12/h1-4,11-12,23H,5-10H2. The van der Waals surface area contributed by atoms with Gasteiger partial charge in [0.25, 0.3) is 5.91 Å². The van der Waals surface area contributed by atoms with Gasteiger partial charge in [-0.3, -0.25) is 4.79 Å². The van der Waals surface area contributed by atoms with Gasteiger partial charge in [0.1, 0.15) is 5.82 Å². The van der Waals surface area contributed by atoms with Gasteiger partial charge in [0.05, 0.1) is 17.3 Å². The van der Waals surface area contributed by atoms with Gasteiger partial charge in [-0.2, -0.15) is 0 Å². The fourth-order valence-corrected chi connectivity index (χ4v) is 3.11. The summed E-state index contributed by atoms with van der Waals surface area (Å²) in [5, 5.41) is 14.3. The first-order valence-corrected chi connectivity index (χ1v) is 8.70. The number of aromatic nitrogens is 3. The van der Waals surface area contributed by atoms with E-state index in [-0.39, 0.29) is 24.4 Å². The molecule has 1 N–H and O–H groups in total. The van der Waals surface area contributed by atoms with E-state index in [0.29, 0.717) is 17.5 Å². The van der Waals surface area contributed by atoms with Crippen molar-refractivity contribution in [2.75, 3.05) is 13.2 Å². The van der Waals surface area contributed by atoms with Crippen LogP contribution in [0.25, 0.3) is 5.69 Å². The Kier molecular flexibility index (Phi) is 4.02. The van der Waals surface area contributed by atoms with Crippen molar-refractivity contribution in [3.63, 3.8) is 0 Å². The molecule has 2 aliphatic rings. The van der Waals surface area contributed by atoms with Crippen LogP contribution in [0.5, 0.6) is 0 Å². The van der Waals surface area contributed by atoms with Crippen molar-refractivity contribution in [1.29, 1.82) is 0 Å². The van der Waals surface area contributed by atoms with Crippen LogP contribution in [0.15, 0.2) is 24.3 Å². The van der Waals surface area contributed by atoms with E-state index in [1.54, 1.807) is 15.6 Å². The Morgan fingerprint density at radius 3 is 2.67 bits per heavy atom. The molecule has 2 fully saturated rings. The van der Waals surface area contributed by atoms with Crippen LogP contribution in [-0.2, 0) is 0 Å². The zero-order valence-electron chi connectivity index (χ0n) is 13.2. The number of nitrogens with zero attached hydrogens (tertiary/aromatic N) is 4. The minimum Gasteiger partial charge on any atom is -0.395 e. The molecule has 0 unspecified atom stereocenters. The van der Waals surface area contributed by atoms with E-state index in [9.17, 15) is 9.90 Å².